The van der Waals surface area contributed by atoms with Gasteiger partial charge in [-0.2, -0.15) is 0 Å². The SMILES string of the molecule is CC(NC(=O)C[C@@H]1CCC[C@H]1N)c1cccc2ccccc12.Cl. The minimum Gasteiger partial charge on any atom is -0.350 e. The van der Waals surface area contributed by atoms with Crippen LogP contribution in [0.5, 0.6) is 0 Å². The average molecular weight is 333 g/mol. The number of carbonyl (C=O) groups excluding carboxylic acids is 1. The molecule has 3 nitrogen and oxygen atoms in total. The molecular formula is C19H25ClN2O. The van der Waals surface area contributed by atoms with Gasteiger partial charge in [-0.05, 0) is 42.0 Å². The van der Waals surface area contributed by atoms with Crippen LogP contribution < -0.4 is 11.1 Å². The molecule has 1 saturated carbocycles. The normalized spacial score (nSPS) is 21.7. The molecule has 1 aliphatic carbocycles. The molecule has 0 saturated heterocycles. The van der Waals surface area contributed by atoms with Crippen molar-refractivity contribution in [1.82, 2.24) is 5.32 Å². The number of carbonyl (C=O) groups is 1. The van der Waals surface area contributed by atoms with Gasteiger partial charge < -0.3 is 11.1 Å². The van der Waals surface area contributed by atoms with Gasteiger partial charge >= 0.3 is 0 Å². The van der Waals surface area contributed by atoms with E-state index in [1.54, 1.807) is 0 Å². The topological polar surface area (TPSA) is 55.1 Å². The van der Waals surface area contributed by atoms with Crippen molar-refractivity contribution in [3.05, 3.63) is 48.0 Å². The third-order valence-electron chi connectivity index (χ3n) is 4.83. The summed E-state index contributed by atoms with van der Waals surface area (Å²) in [6, 6.07) is 14.7. The van der Waals surface area contributed by atoms with Crippen LogP contribution in [-0.2, 0) is 4.79 Å². The smallest absolute Gasteiger partial charge is 0.220 e. The Hall–Kier alpha value is -1.58. The lowest BCUT2D eigenvalue weighted by Crippen LogP contribution is -2.32. The van der Waals surface area contributed by atoms with Crippen molar-refractivity contribution in [3.8, 4) is 0 Å². The molecule has 1 aliphatic rings. The van der Waals surface area contributed by atoms with Crippen LogP contribution in [0.1, 0.15) is 44.2 Å². The zero-order chi connectivity index (χ0) is 15.5. The fourth-order valence-corrected chi connectivity index (χ4v) is 3.56. The van der Waals surface area contributed by atoms with Crippen molar-refractivity contribution in [2.45, 2.75) is 44.7 Å². The number of fused-ring (bicyclic) bond motifs is 1. The molecule has 0 aliphatic heterocycles. The zero-order valence-electron chi connectivity index (χ0n) is 13.5. The molecule has 4 heteroatoms. The second kappa shape index (κ2) is 7.80. The molecule has 124 valence electrons. The first kappa shape index (κ1) is 17.8. The van der Waals surface area contributed by atoms with Crippen LogP contribution in [0.3, 0.4) is 0 Å². The Morgan fingerprint density at radius 3 is 2.70 bits per heavy atom. The maximum atomic E-state index is 12.3. The average Bonchev–Trinajstić information content (AvgIpc) is 2.91. The van der Waals surface area contributed by atoms with Gasteiger partial charge in [0.2, 0.25) is 5.91 Å². The highest BCUT2D eigenvalue weighted by Crippen LogP contribution is 2.28. The standard InChI is InChI=1S/C19H24N2O.ClH/c1-13(21-19(22)12-15-8-5-11-18(15)20)16-10-4-7-14-6-2-3-9-17(14)16;/h2-4,6-7,9-10,13,15,18H,5,8,11-12,20H2,1H3,(H,21,22);1H/t13?,15-,18+;/m0./s1. The molecule has 0 spiro atoms. The van der Waals surface area contributed by atoms with Crippen LogP contribution in [0.15, 0.2) is 42.5 Å². The molecule has 0 bridgehead atoms. The number of nitrogens with two attached hydrogens (primary N) is 1. The van der Waals surface area contributed by atoms with Crippen LogP contribution in [0.2, 0.25) is 0 Å². The van der Waals surface area contributed by atoms with Crippen molar-refractivity contribution in [2.75, 3.05) is 0 Å². The summed E-state index contributed by atoms with van der Waals surface area (Å²) >= 11 is 0. The molecule has 3 N–H and O–H groups in total. The molecular weight excluding hydrogens is 308 g/mol. The Bertz CT molecular complexity index is 668. The quantitative estimate of drug-likeness (QED) is 0.890. The summed E-state index contributed by atoms with van der Waals surface area (Å²) < 4.78 is 0. The highest BCUT2D eigenvalue weighted by molar-refractivity contribution is 5.87. The van der Waals surface area contributed by atoms with Crippen molar-refractivity contribution < 1.29 is 4.79 Å². The van der Waals surface area contributed by atoms with E-state index in [0.29, 0.717) is 12.3 Å². The summed E-state index contributed by atoms with van der Waals surface area (Å²) in [5.41, 5.74) is 7.23. The minimum absolute atomic E-state index is 0. The third kappa shape index (κ3) is 4.04. The van der Waals surface area contributed by atoms with Gasteiger partial charge in [-0.3, -0.25) is 4.79 Å². The first-order chi connectivity index (χ1) is 10.6. The maximum Gasteiger partial charge on any atom is 0.220 e. The van der Waals surface area contributed by atoms with E-state index in [1.165, 1.54) is 16.3 Å². The number of benzene rings is 2. The van der Waals surface area contributed by atoms with E-state index >= 15 is 0 Å². The second-order valence-corrected chi connectivity index (χ2v) is 6.42. The minimum atomic E-state index is 0. The van der Waals surface area contributed by atoms with E-state index in [0.717, 1.165) is 19.3 Å². The summed E-state index contributed by atoms with van der Waals surface area (Å²) in [4.78, 5) is 12.3. The van der Waals surface area contributed by atoms with Gasteiger partial charge in [0.15, 0.2) is 0 Å². The fourth-order valence-electron chi connectivity index (χ4n) is 3.56. The molecule has 1 fully saturated rings. The predicted molar refractivity (Wildman–Crippen MR) is 97.7 cm³/mol. The lowest BCUT2D eigenvalue weighted by molar-refractivity contribution is -0.122. The maximum absolute atomic E-state index is 12.3. The fraction of sp³-hybridized carbons (Fsp3) is 0.421. The number of nitrogens with one attached hydrogen (secondary N) is 1. The van der Waals surface area contributed by atoms with Gasteiger partial charge in [-0.1, -0.05) is 48.9 Å². The lowest BCUT2D eigenvalue weighted by Gasteiger charge is -2.19. The molecule has 3 rings (SSSR count). The first-order valence-electron chi connectivity index (χ1n) is 8.18. The van der Waals surface area contributed by atoms with Crippen LogP contribution >= 0.6 is 12.4 Å². The van der Waals surface area contributed by atoms with E-state index in [-0.39, 0.29) is 30.4 Å². The largest absolute Gasteiger partial charge is 0.350 e. The van der Waals surface area contributed by atoms with Crippen molar-refractivity contribution >= 4 is 29.1 Å². The van der Waals surface area contributed by atoms with Crippen molar-refractivity contribution in [2.24, 2.45) is 11.7 Å². The highest BCUT2D eigenvalue weighted by atomic mass is 35.5. The van der Waals surface area contributed by atoms with Crippen LogP contribution in [0.4, 0.5) is 0 Å². The number of rotatable bonds is 4. The second-order valence-electron chi connectivity index (χ2n) is 6.42. The van der Waals surface area contributed by atoms with Gasteiger partial charge in [0.25, 0.3) is 0 Å². The van der Waals surface area contributed by atoms with E-state index in [4.69, 9.17) is 5.73 Å². The Kier molecular flexibility index (Phi) is 6.03. The van der Waals surface area contributed by atoms with Gasteiger partial charge in [0, 0.05) is 12.5 Å². The van der Waals surface area contributed by atoms with Crippen molar-refractivity contribution in [3.63, 3.8) is 0 Å². The Morgan fingerprint density at radius 2 is 1.96 bits per heavy atom. The van der Waals surface area contributed by atoms with Crippen molar-refractivity contribution in [1.29, 1.82) is 0 Å². The van der Waals surface area contributed by atoms with Crippen LogP contribution in [0, 0.1) is 5.92 Å². The molecule has 0 aromatic heterocycles. The molecule has 0 heterocycles. The molecule has 0 radical (unpaired) electrons. The lowest BCUT2D eigenvalue weighted by atomic mass is 9.97. The Labute approximate surface area is 144 Å². The summed E-state index contributed by atoms with van der Waals surface area (Å²) in [6.45, 7) is 2.05. The van der Waals surface area contributed by atoms with Gasteiger partial charge in [0.05, 0.1) is 6.04 Å². The zero-order valence-corrected chi connectivity index (χ0v) is 14.3. The van der Waals surface area contributed by atoms with Gasteiger partial charge in [-0.25, -0.2) is 0 Å². The Balaban J connectivity index is 0.00000192. The number of amides is 1. The predicted octanol–water partition coefficient (Wildman–Crippen LogP) is 3.96. The number of hydrogen-bond acceptors (Lipinski definition) is 2. The molecule has 23 heavy (non-hydrogen) atoms. The molecule has 1 amide bonds. The van der Waals surface area contributed by atoms with E-state index in [1.807, 2.05) is 25.1 Å². The third-order valence-corrected chi connectivity index (χ3v) is 4.83. The molecule has 2 aromatic carbocycles. The molecule has 2 aromatic rings. The summed E-state index contributed by atoms with van der Waals surface area (Å²) in [5.74, 6) is 0.461. The first-order valence-corrected chi connectivity index (χ1v) is 8.18. The summed E-state index contributed by atoms with van der Waals surface area (Å²) in [6.07, 6.45) is 3.84. The number of halogens is 1. The monoisotopic (exact) mass is 332 g/mol. The van der Waals surface area contributed by atoms with Crippen LogP contribution in [-0.4, -0.2) is 11.9 Å². The van der Waals surface area contributed by atoms with E-state index in [2.05, 4.69) is 29.6 Å². The van der Waals surface area contributed by atoms with E-state index < -0.39 is 0 Å². The van der Waals surface area contributed by atoms with Gasteiger partial charge in [0.1, 0.15) is 0 Å². The van der Waals surface area contributed by atoms with E-state index in [9.17, 15) is 4.79 Å². The molecule has 1 unspecified atom stereocenters. The van der Waals surface area contributed by atoms with Crippen LogP contribution in [0.25, 0.3) is 10.8 Å². The summed E-state index contributed by atoms with van der Waals surface area (Å²) in [7, 11) is 0. The summed E-state index contributed by atoms with van der Waals surface area (Å²) in [5, 5.41) is 5.55. The van der Waals surface area contributed by atoms with Gasteiger partial charge in [-0.15, -0.1) is 12.4 Å². The highest BCUT2D eigenvalue weighted by Gasteiger charge is 2.26. The molecule has 3 atom stereocenters. The number of hydrogen-bond donors (Lipinski definition) is 2. The Morgan fingerprint density at radius 1 is 1.22 bits per heavy atom.